The molecule has 3 aromatic rings. The summed E-state index contributed by atoms with van der Waals surface area (Å²) >= 11 is 0. The van der Waals surface area contributed by atoms with Crippen LogP contribution in [0.5, 0.6) is 5.75 Å². The van der Waals surface area contributed by atoms with Gasteiger partial charge in [0.2, 0.25) is 10.0 Å². The molecular weight excluding hydrogens is 464 g/mol. The quantitative estimate of drug-likeness (QED) is 0.277. The standard InChI is InChI=1S/C22H24N4O7S/c23-11-4-12-33-16-9-7-15-8-10-18(21(28)26(15)14-16)20(27)24-13-19(22(29)30)25-34(31,32)17-5-2-1-3-6-17/h1-3,5-10,14,19,25H,4,11-13,23H2,(H,24,27)(H,29,30)/t19-/m0/s1. The lowest BCUT2D eigenvalue weighted by Gasteiger charge is -2.16. The summed E-state index contributed by atoms with van der Waals surface area (Å²) in [5, 5.41) is 11.7. The summed E-state index contributed by atoms with van der Waals surface area (Å²) in [6.45, 7) is 0.244. The second-order valence-electron chi connectivity index (χ2n) is 7.24. The normalized spacial score (nSPS) is 12.3. The van der Waals surface area contributed by atoms with Gasteiger partial charge in [0.1, 0.15) is 17.4 Å². The molecule has 1 aromatic carbocycles. The highest BCUT2D eigenvalue weighted by Crippen LogP contribution is 2.13. The Balaban J connectivity index is 1.75. The molecule has 0 aliphatic heterocycles. The molecule has 0 saturated heterocycles. The molecule has 0 radical (unpaired) electrons. The van der Waals surface area contributed by atoms with Gasteiger partial charge in [-0.2, -0.15) is 4.72 Å². The SMILES string of the molecule is NCCCOc1ccc2ccc(C(=O)NC[C@H](NS(=O)(=O)c3ccccc3)C(=O)O)c(=O)n2c1. The molecule has 2 heterocycles. The number of ether oxygens (including phenoxy) is 1. The largest absolute Gasteiger partial charge is 0.492 e. The predicted octanol–water partition coefficient (Wildman–Crippen LogP) is 0.189. The van der Waals surface area contributed by atoms with Gasteiger partial charge in [-0.3, -0.25) is 18.8 Å². The number of hydrogen-bond acceptors (Lipinski definition) is 7. The number of nitrogens with zero attached hydrogens (tertiary/aromatic N) is 1. The van der Waals surface area contributed by atoms with Crippen molar-refractivity contribution in [2.45, 2.75) is 17.4 Å². The molecule has 11 nitrogen and oxygen atoms in total. The smallest absolute Gasteiger partial charge is 0.323 e. The van der Waals surface area contributed by atoms with Crippen LogP contribution in [0, 0.1) is 0 Å². The van der Waals surface area contributed by atoms with E-state index < -0.39 is 40.0 Å². The minimum atomic E-state index is -4.14. The van der Waals surface area contributed by atoms with Crippen LogP contribution < -0.4 is 26.1 Å². The molecule has 0 aliphatic rings. The topological polar surface area (TPSA) is 169 Å². The fourth-order valence-electron chi connectivity index (χ4n) is 3.03. The lowest BCUT2D eigenvalue weighted by atomic mass is 10.2. The van der Waals surface area contributed by atoms with E-state index in [1.54, 1.807) is 24.3 Å². The number of carbonyl (C=O) groups excluding carboxylic acids is 1. The van der Waals surface area contributed by atoms with Crippen molar-refractivity contribution in [3.8, 4) is 5.75 Å². The van der Waals surface area contributed by atoms with Crippen LogP contribution >= 0.6 is 0 Å². The van der Waals surface area contributed by atoms with Crippen LogP contribution in [-0.4, -0.2) is 55.5 Å². The van der Waals surface area contributed by atoms with E-state index in [4.69, 9.17) is 10.5 Å². The van der Waals surface area contributed by atoms with Gasteiger partial charge in [0.05, 0.1) is 17.7 Å². The number of fused-ring (bicyclic) bond motifs is 1. The Morgan fingerprint density at radius 1 is 1.09 bits per heavy atom. The first-order valence-corrected chi connectivity index (χ1v) is 11.8. The minimum Gasteiger partial charge on any atom is -0.492 e. The molecule has 3 rings (SSSR count). The van der Waals surface area contributed by atoms with E-state index in [0.29, 0.717) is 30.8 Å². The van der Waals surface area contributed by atoms with Crippen LogP contribution in [0.2, 0.25) is 0 Å². The molecule has 0 fully saturated rings. The van der Waals surface area contributed by atoms with E-state index in [0.717, 1.165) is 0 Å². The highest BCUT2D eigenvalue weighted by molar-refractivity contribution is 7.89. The molecule has 0 saturated carbocycles. The number of carboxylic acid groups (broad SMARTS) is 1. The number of amides is 1. The van der Waals surface area contributed by atoms with Gasteiger partial charge in [-0.05, 0) is 49.4 Å². The van der Waals surface area contributed by atoms with E-state index in [1.807, 2.05) is 4.72 Å². The third-order valence-corrected chi connectivity index (χ3v) is 6.29. The van der Waals surface area contributed by atoms with Gasteiger partial charge in [-0.25, -0.2) is 8.42 Å². The van der Waals surface area contributed by atoms with Crippen molar-refractivity contribution in [3.05, 3.63) is 76.7 Å². The molecule has 12 heteroatoms. The maximum absolute atomic E-state index is 12.8. The van der Waals surface area contributed by atoms with E-state index in [2.05, 4.69) is 5.32 Å². The van der Waals surface area contributed by atoms with Crippen molar-refractivity contribution in [3.63, 3.8) is 0 Å². The van der Waals surface area contributed by atoms with Crippen LogP contribution in [0.25, 0.3) is 5.52 Å². The highest BCUT2D eigenvalue weighted by atomic mass is 32.2. The van der Waals surface area contributed by atoms with Crippen LogP contribution in [0.4, 0.5) is 0 Å². The second-order valence-corrected chi connectivity index (χ2v) is 8.95. The Labute approximate surface area is 195 Å². The number of carbonyl (C=O) groups is 2. The molecule has 34 heavy (non-hydrogen) atoms. The number of aromatic nitrogens is 1. The summed E-state index contributed by atoms with van der Waals surface area (Å²) in [5.74, 6) is -1.92. The van der Waals surface area contributed by atoms with Gasteiger partial charge in [-0.1, -0.05) is 18.2 Å². The van der Waals surface area contributed by atoms with Crippen molar-refractivity contribution in [2.75, 3.05) is 19.7 Å². The summed E-state index contributed by atoms with van der Waals surface area (Å²) in [6.07, 6.45) is 2.08. The fraction of sp³-hybridized carbons (Fsp3) is 0.227. The molecule has 1 atom stereocenters. The Kier molecular flexibility index (Phi) is 7.99. The van der Waals surface area contributed by atoms with Crippen molar-refractivity contribution < 1.29 is 27.9 Å². The molecule has 1 amide bonds. The lowest BCUT2D eigenvalue weighted by Crippen LogP contribution is -2.48. The van der Waals surface area contributed by atoms with Crippen LogP contribution in [0.15, 0.2) is 70.5 Å². The highest BCUT2D eigenvalue weighted by Gasteiger charge is 2.26. The molecule has 0 spiro atoms. The van der Waals surface area contributed by atoms with Gasteiger partial charge in [0.25, 0.3) is 11.5 Å². The number of benzene rings is 1. The predicted molar refractivity (Wildman–Crippen MR) is 123 cm³/mol. The maximum Gasteiger partial charge on any atom is 0.323 e. The van der Waals surface area contributed by atoms with Crippen molar-refractivity contribution >= 4 is 27.4 Å². The molecule has 2 aromatic heterocycles. The van der Waals surface area contributed by atoms with E-state index in [9.17, 15) is 27.9 Å². The third-order valence-electron chi connectivity index (χ3n) is 4.80. The number of carboxylic acids is 1. The van der Waals surface area contributed by atoms with Crippen LogP contribution in [0.3, 0.4) is 0 Å². The summed E-state index contributed by atoms with van der Waals surface area (Å²) in [4.78, 5) is 36.9. The third kappa shape index (κ3) is 5.98. The van der Waals surface area contributed by atoms with Crippen molar-refractivity contribution in [1.82, 2.24) is 14.4 Å². The summed E-state index contributed by atoms with van der Waals surface area (Å²) in [6, 6.07) is 11.8. The average Bonchev–Trinajstić information content (AvgIpc) is 2.82. The fourth-order valence-corrected chi connectivity index (χ4v) is 4.24. The first-order chi connectivity index (χ1) is 16.2. The number of nitrogens with one attached hydrogen (secondary N) is 2. The molecule has 0 aliphatic carbocycles. The Morgan fingerprint density at radius 3 is 2.47 bits per heavy atom. The summed E-state index contributed by atoms with van der Waals surface area (Å²) in [7, 11) is -4.14. The van der Waals surface area contributed by atoms with Gasteiger partial charge >= 0.3 is 5.97 Å². The first-order valence-electron chi connectivity index (χ1n) is 10.3. The zero-order chi connectivity index (χ0) is 24.7. The number of rotatable bonds is 11. The van der Waals surface area contributed by atoms with E-state index in [1.165, 1.54) is 40.9 Å². The Hall–Kier alpha value is -3.74. The summed E-state index contributed by atoms with van der Waals surface area (Å²) in [5.41, 5.74) is 5.07. The minimum absolute atomic E-state index is 0.121. The number of aliphatic carboxylic acids is 1. The van der Waals surface area contributed by atoms with E-state index in [-0.39, 0.29) is 10.5 Å². The Morgan fingerprint density at radius 2 is 1.79 bits per heavy atom. The number of sulfonamides is 1. The molecular formula is C22H24N4O7S. The number of nitrogens with two attached hydrogens (primary N) is 1. The zero-order valence-electron chi connectivity index (χ0n) is 18.0. The van der Waals surface area contributed by atoms with Crippen molar-refractivity contribution in [1.29, 1.82) is 0 Å². The van der Waals surface area contributed by atoms with Crippen LogP contribution in [0.1, 0.15) is 16.8 Å². The van der Waals surface area contributed by atoms with Gasteiger partial charge < -0.3 is 20.9 Å². The molecule has 0 bridgehead atoms. The lowest BCUT2D eigenvalue weighted by molar-refractivity contribution is -0.138. The van der Waals surface area contributed by atoms with Crippen molar-refractivity contribution in [2.24, 2.45) is 5.73 Å². The average molecular weight is 489 g/mol. The number of hydrogen-bond donors (Lipinski definition) is 4. The molecule has 5 N–H and O–H groups in total. The zero-order valence-corrected chi connectivity index (χ0v) is 18.8. The molecule has 0 unspecified atom stereocenters. The summed E-state index contributed by atoms with van der Waals surface area (Å²) < 4.78 is 33.7. The number of pyridine rings is 2. The van der Waals surface area contributed by atoms with Crippen LogP contribution in [-0.2, 0) is 14.8 Å². The monoisotopic (exact) mass is 488 g/mol. The Bertz CT molecular complexity index is 1340. The van der Waals surface area contributed by atoms with Gasteiger partial charge in [0, 0.05) is 12.1 Å². The van der Waals surface area contributed by atoms with Gasteiger partial charge in [-0.15, -0.1) is 0 Å². The van der Waals surface area contributed by atoms with E-state index >= 15 is 0 Å². The van der Waals surface area contributed by atoms with Gasteiger partial charge in [0.15, 0.2) is 0 Å². The first kappa shape index (κ1) is 24.9. The second kappa shape index (κ2) is 10.9. The molecule has 180 valence electrons. The maximum atomic E-state index is 12.8.